The van der Waals surface area contributed by atoms with Gasteiger partial charge in [0.1, 0.15) is 36.8 Å². The van der Waals surface area contributed by atoms with Gasteiger partial charge in [-0.3, -0.25) is 4.55 Å². The van der Waals surface area contributed by atoms with Crippen LogP contribution in [-0.2, 0) is 20.7 Å². The van der Waals surface area contributed by atoms with Gasteiger partial charge in [0.2, 0.25) is 0 Å². The smallest absolute Gasteiger partial charge is 0.425 e. The highest BCUT2D eigenvalue weighted by molar-refractivity contribution is 7.85. The Morgan fingerprint density at radius 3 is 1.67 bits per heavy atom. The molecule has 6 aromatic rings. The normalized spacial score (nSPS) is 10.5. The Bertz CT molecular complexity index is 2760. The molecule has 312 valence electrons. The van der Waals surface area contributed by atoms with Crippen LogP contribution in [0.1, 0.15) is 57.9 Å². The lowest BCUT2D eigenvalue weighted by molar-refractivity contribution is 0.0690. The van der Waals surface area contributed by atoms with Gasteiger partial charge < -0.3 is 30.1 Å². The molecule has 0 aliphatic rings. The molecular weight excluding hydrogens is 848 g/mol. The number of rotatable bonds is 10. The van der Waals surface area contributed by atoms with Crippen LogP contribution in [0, 0.1) is 19.7 Å². The monoisotopic (exact) mass is 884 g/mol. The number of fused-ring (bicyclic) bond motifs is 2. The highest BCUT2D eigenvalue weighted by Gasteiger charge is 2.20. The summed E-state index contributed by atoms with van der Waals surface area (Å²) in [5.41, 5.74) is 6.42. The number of nitrogens with two attached hydrogens (primary N) is 1. The van der Waals surface area contributed by atoms with Crippen molar-refractivity contribution in [3.63, 3.8) is 0 Å². The van der Waals surface area contributed by atoms with Gasteiger partial charge in [-0.15, -0.1) is 35.3 Å². The molecule has 0 bridgehead atoms. The molecule has 58 heavy (non-hydrogen) atoms. The molecule has 0 spiro atoms. The maximum Gasteiger partial charge on any atom is 0.425 e. The summed E-state index contributed by atoms with van der Waals surface area (Å²) < 4.78 is 76.7. The van der Waals surface area contributed by atoms with Crippen LogP contribution >= 0.6 is 22.7 Å². The van der Waals surface area contributed by atoms with E-state index in [1.807, 2.05) is 12.1 Å². The molecule has 2 aromatic carbocycles. The van der Waals surface area contributed by atoms with Crippen molar-refractivity contribution in [3.05, 3.63) is 96.3 Å². The zero-order valence-corrected chi connectivity index (χ0v) is 33.2. The Morgan fingerprint density at radius 2 is 1.29 bits per heavy atom. The van der Waals surface area contributed by atoms with Crippen LogP contribution in [0.15, 0.2) is 67.0 Å². The first-order valence-corrected chi connectivity index (χ1v) is 20.4. The third-order valence-electron chi connectivity index (χ3n) is 7.06. The van der Waals surface area contributed by atoms with Gasteiger partial charge in [0, 0.05) is 35.1 Å². The quantitative estimate of drug-likeness (QED) is 0.0818. The van der Waals surface area contributed by atoms with E-state index in [1.165, 1.54) is 18.2 Å². The number of hydrogen-bond acceptors (Lipinski definition) is 17. The van der Waals surface area contributed by atoms with Crippen molar-refractivity contribution in [1.29, 1.82) is 0 Å². The fourth-order valence-electron chi connectivity index (χ4n) is 4.56. The lowest BCUT2D eigenvalue weighted by Crippen LogP contribution is -2.09. The van der Waals surface area contributed by atoms with Crippen molar-refractivity contribution in [2.75, 3.05) is 24.2 Å². The molecule has 0 fully saturated rings. The number of carbonyl (C=O) groups is 2. The predicted octanol–water partition coefficient (Wildman–Crippen LogP) is 5.66. The number of hydrogen-bond donors (Lipinski definition) is 5. The Labute approximate surface area is 338 Å². The first-order chi connectivity index (χ1) is 26.7. The van der Waals surface area contributed by atoms with Crippen molar-refractivity contribution in [1.82, 2.24) is 9.97 Å². The molecule has 0 radical (unpaired) electrons. The average molecular weight is 885 g/mol. The number of aromatic carboxylic acids is 2. The van der Waals surface area contributed by atoms with E-state index in [4.69, 9.17) is 42.0 Å². The zero-order chi connectivity index (χ0) is 42.6. The van der Waals surface area contributed by atoms with E-state index in [0.717, 1.165) is 52.8 Å². The summed E-state index contributed by atoms with van der Waals surface area (Å²) in [5, 5.41) is 23.3. The third-order valence-corrected chi connectivity index (χ3v) is 10.2. The van der Waals surface area contributed by atoms with Crippen LogP contribution in [0.4, 0.5) is 10.1 Å². The number of aromatic nitrogens is 2. The van der Waals surface area contributed by atoms with Gasteiger partial charge in [-0.2, -0.15) is 8.42 Å². The molecule has 0 aliphatic heterocycles. The molecule has 0 amide bonds. The van der Waals surface area contributed by atoms with Crippen LogP contribution < -0.4 is 22.3 Å². The largest absolute Gasteiger partial charge is 0.477 e. The Kier molecular flexibility index (Phi) is 18.1. The number of halogens is 1. The van der Waals surface area contributed by atoms with Gasteiger partial charge in [0.15, 0.2) is 0 Å². The molecule has 0 aliphatic carbocycles. The number of carboxylic acids is 2. The van der Waals surface area contributed by atoms with Crippen LogP contribution in [-0.4, -0.2) is 76.6 Å². The number of benzene rings is 2. The van der Waals surface area contributed by atoms with Gasteiger partial charge in [0.05, 0.1) is 28.3 Å². The summed E-state index contributed by atoms with van der Waals surface area (Å²) in [6.45, 7) is 6.37. The summed E-state index contributed by atoms with van der Waals surface area (Å²) in [7, 11) is -6.88. The molecule has 0 atom stereocenters. The summed E-state index contributed by atoms with van der Waals surface area (Å²) in [6, 6.07) is 12.6. The predicted molar refractivity (Wildman–Crippen MR) is 216 cm³/mol. The second kappa shape index (κ2) is 21.7. The molecule has 6 rings (SSSR count). The van der Waals surface area contributed by atoms with Gasteiger partial charge in [-0.25, -0.2) is 33.5 Å². The standard InChI is InChI=1S/C17H16N2O4S.C14H8FNO4S.C3H9NO3S.CH4.O3S/c1-3-6-18-11-5-4-10-7-12(17(22)23-13(10)8-11)15-19-9(2)14(24-15)16(20)21;1-6-11(13(17)18)21-12(16-6)9-4-7-2-3-8(15)5-10(7)20-14(9)19;4-2-1-3-8(5,6)7;;1-4(2)3/h4-5,7-8,18H,3,6H2,1-2H3,(H,20,21);2-5H,1H3,(H,17,18);1-4H2,(H,5,6,7);1H4;. The Hall–Kier alpha value is -5.72. The molecule has 6 N–H and O–H groups in total. The fraction of sp³-hybridized carbons (Fsp3) is 0.257. The number of carboxylic acid groups (broad SMARTS) is 2. The minimum atomic E-state index is -3.77. The second-order valence-corrected chi connectivity index (χ2v) is 15.3. The minimum Gasteiger partial charge on any atom is -0.477 e. The van der Waals surface area contributed by atoms with Crippen molar-refractivity contribution in [3.8, 4) is 21.1 Å². The van der Waals surface area contributed by atoms with Gasteiger partial charge in [-0.1, -0.05) is 14.4 Å². The molecule has 0 saturated carbocycles. The number of thiazole rings is 2. The number of nitrogens with one attached hydrogen (secondary N) is 1. The van der Waals surface area contributed by atoms with E-state index in [1.54, 1.807) is 26.0 Å². The average Bonchev–Trinajstić information content (AvgIpc) is 3.71. The molecule has 0 unspecified atom stereocenters. The SMILES string of the molecule is C.CCCNc1ccc2cc(-c3nc(C)c(C(=O)O)s3)c(=O)oc2c1.Cc1nc(-c2cc3ccc(F)cc3oc2=O)sc1C(=O)O.NCCCS(=O)(=O)O.O=S(=O)=O. The number of aryl methyl sites for hydroxylation is 2. The van der Waals surface area contributed by atoms with E-state index in [0.29, 0.717) is 40.3 Å². The first-order valence-electron chi connectivity index (χ1n) is 16.1. The lowest BCUT2D eigenvalue weighted by Gasteiger charge is -2.06. The molecule has 4 heterocycles. The lowest BCUT2D eigenvalue weighted by atomic mass is 10.1. The highest BCUT2D eigenvalue weighted by Crippen LogP contribution is 2.30. The van der Waals surface area contributed by atoms with Crippen LogP contribution in [0.2, 0.25) is 0 Å². The van der Waals surface area contributed by atoms with E-state index in [2.05, 4.69) is 22.2 Å². The van der Waals surface area contributed by atoms with E-state index < -0.39 is 49.7 Å². The van der Waals surface area contributed by atoms with Crippen molar-refractivity contribution < 1.29 is 58.6 Å². The van der Waals surface area contributed by atoms with Crippen LogP contribution in [0.5, 0.6) is 0 Å². The Morgan fingerprint density at radius 1 is 0.845 bits per heavy atom. The topological polar surface area (TPSA) is 304 Å². The second-order valence-electron chi connectivity index (χ2n) is 11.4. The fourth-order valence-corrected chi connectivity index (χ4v) is 6.91. The molecular formula is C35H37FN4O14S4. The van der Waals surface area contributed by atoms with Gasteiger partial charge in [0.25, 0.3) is 10.1 Å². The van der Waals surface area contributed by atoms with Crippen molar-refractivity contribution in [2.24, 2.45) is 5.73 Å². The van der Waals surface area contributed by atoms with E-state index in [-0.39, 0.29) is 44.7 Å². The summed E-state index contributed by atoms with van der Waals surface area (Å²) in [4.78, 5) is 54.9. The maximum atomic E-state index is 13.1. The zero-order valence-electron chi connectivity index (χ0n) is 30.0. The molecule has 23 heteroatoms. The van der Waals surface area contributed by atoms with Crippen molar-refractivity contribution >= 4 is 83.0 Å². The summed E-state index contributed by atoms with van der Waals surface area (Å²) in [5.74, 6) is -2.88. The molecule has 18 nitrogen and oxygen atoms in total. The summed E-state index contributed by atoms with van der Waals surface area (Å²) >= 11 is 1.88. The highest BCUT2D eigenvalue weighted by atomic mass is 32.2. The van der Waals surface area contributed by atoms with E-state index in [9.17, 15) is 32.0 Å². The number of anilines is 1. The molecule has 4 aromatic heterocycles. The van der Waals surface area contributed by atoms with Gasteiger partial charge in [-0.05, 0) is 69.6 Å². The summed E-state index contributed by atoms with van der Waals surface area (Å²) in [6.07, 6.45) is 1.31. The minimum absolute atomic E-state index is 0. The van der Waals surface area contributed by atoms with Crippen LogP contribution in [0.25, 0.3) is 43.1 Å². The van der Waals surface area contributed by atoms with Crippen molar-refractivity contribution in [2.45, 2.75) is 41.0 Å². The first kappa shape index (κ1) is 48.4. The van der Waals surface area contributed by atoms with E-state index >= 15 is 0 Å². The Balaban J connectivity index is 0.000000311. The van der Waals surface area contributed by atoms with Crippen LogP contribution in [0.3, 0.4) is 0 Å². The van der Waals surface area contributed by atoms with Gasteiger partial charge >= 0.3 is 33.8 Å². The molecule has 0 saturated heterocycles. The maximum absolute atomic E-state index is 13.1. The third kappa shape index (κ3) is 14.0. The number of nitrogens with zero attached hydrogens (tertiary/aromatic N) is 2.